The summed E-state index contributed by atoms with van der Waals surface area (Å²) in [5.74, 6) is -0.909. The first-order chi connectivity index (χ1) is 12.4. The molecule has 2 aromatic rings. The van der Waals surface area contributed by atoms with Gasteiger partial charge in [-0.25, -0.2) is 4.79 Å². The molecule has 1 aromatic heterocycles. The van der Waals surface area contributed by atoms with E-state index in [1.165, 1.54) is 41.2 Å². The van der Waals surface area contributed by atoms with Gasteiger partial charge in [-0.1, -0.05) is 29.6 Å². The Hall–Kier alpha value is -1.56. The molecule has 1 unspecified atom stereocenters. The van der Waals surface area contributed by atoms with Crippen molar-refractivity contribution in [1.29, 1.82) is 0 Å². The summed E-state index contributed by atoms with van der Waals surface area (Å²) in [6, 6.07) is 6.67. The molecule has 1 heterocycles. The average molecular weight is 412 g/mol. The zero-order chi connectivity index (χ0) is 18.7. The highest BCUT2D eigenvalue weighted by molar-refractivity contribution is 7.14. The number of aryl methyl sites for hydroxylation is 2. The molecule has 3 rings (SSSR count). The van der Waals surface area contributed by atoms with Gasteiger partial charge in [0.1, 0.15) is 4.88 Å². The first-order valence-corrected chi connectivity index (χ1v) is 10.1. The molecule has 1 amide bonds. The summed E-state index contributed by atoms with van der Waals surface area (Å²) in [6.07, 6.45) is 4.62. The fraction of sp³-hybridized carbons (Fsp3) is 0.368. The van der Waals surface area contributed by atoms with Crippen molar-refractivity contribution in [1.82, 2.24) is 0 Å². The maximum absolute atomic E-state index is 12.4. The number of nitrogens with one attached hydrogen (secondary N) is 1. The van der Waals surface area contributed by atoms with Crippen LogP contribution in [0.15, 0.2) is 24.3 Å². The second-order valence-electron chi connectivity index (χ2n) is 6.28. The number of rotatable bonds is 4. The molecule has 0 bridgehead atoms. The van der Waals surface area contributed by atoms with Crippen molar-refractivity contribution in [2.24, 2.45) is 0 Å². The molecule has 1 N–H and O–H groups in total. The van der Waals surface area contributed by atoms with Crippen LogP contribution in [-0.2, 0) is 22.4 Å². The van der Waals surface area contributed by atoms with Crippen molar-refractivity contribution in [3.63, 3.8) is 0 Å². The summed E-state index contributed by atoms with van der Waals surface area (Å²) < 4.78 is 5.33. The molecule has 1 aliphatic rings. The van der Waals surface area contributed by atoms with E-state index in [1.807, 2.05) is 6.07 Å². The van der Waals surface area contributed by atoms with E-state index in [9.17, 15) is 9.59 Å². The molecule has 0 radical (unpaired) electrons. The minimum absolute atomic E-state index is 0.325. The molecule has 1 aromatic carbocycles. The van der Waals surface area contributed by atoms with Crippen molar-refractivity contribution in [3.8, 4) is 0 Å². The predicted molar refractivity (Wildman–Crippen MR) is 106 cm³/mol. The molecule has 0 spiro atoms. The van der Waals surface area contributed by atoms with E-state index in [0.29, 0.717) is 20.6 Å². The van der Waals surface area contributed by atoms with E-state index in [0.717, 1.165) is 25.7 Å². The van der Waals surface area contributed by atoms with Crippen LogP contribution in [0.25, 0.3) is 0 Å². The number of thiophene rings is 1. The number of esters is 1. The molecule has 26 heavy (non-hydrogen) atoms. The van der Waals surface area contributed by atoms with Gasteiger partial charge in [0.2, 0.25) is 0 Å². The SMILES string of the molecule is CC(OC(=O)c1cc2c(s1)CCCCC2)C(=O)Nc1ccc(Cl)cc1Cl. The summed E-state index contributed by atoms with van der Waals surface area (Å²) in [5, 5.41) is 3.45. The number of hydrogen-bond donors (Lipinski definition) is 1. The van der Waals surface area contributed by atoms with Gasteiger partial charge in [-0.3, -0.25) is 4.79 Å². The number of fused-ring (bicyclic) bond motifs is 1. The number of benzene rings is 1. The standard InChI is InChI=1S/C19H19Cl2NO3S/c1-11(18(23)22-15-8-7-13(20)10-14(15)21)25-19(24)17-9-12-5-3-2-4-6-16(12)26-17/h7-11H,2-6H2,1H3,(H,22,23). The summed E-state index contributed by atoms with van der Waals surface area (Å²) in [6.45, 7) is 1.54. The highest BCUT2D eigenvalue weighted by atomic mass is 35.5. The molecule has 4 nitrogen and oxygen atoms in total. The van der Waals surface area contributed by atoms with Crippen LogP contribution in [0.2, 0.25) is 10.0 Å². The number of hydrogen-bond acceptors (Lipinski definition) is 4. The molecule has 1 atom stereocenters. The number of anilines is 1. The van der Waals surface area contributed by atoms with Crippen molar-refractivity contribution in [3.05, 3.63) is 49.6 Å². The maximum Gasteiger partial charge on any atom is 0.349 e. The van der Waals surface area contributed by atoms with E-state index in [-0.39, 0.29) is 0 Å². The molecule has 138 valence electrons. The number of carbonyl (C=O) groups excluding carboxylic acids is 2. The maximum atomic E-state index is 12.4. The predicted octanol–water partition coefficient (Wildman–Crippen LogP) is 5.51. The quantitative estimate of drug-likeness (QED) is 0.532. The minimum atomic E-state index is -0.934. The summed E-state index contributed by atoms with van der Waals surface area (Å²) in [7, 11) is 0. The van der Waals surface area contributed by atoms with Crippen LogP contribution in [0.3, 0.4) is 0 Å². The fourth-order valence-electron chi connectivity index (χ4n) is 2.87. The Bertz CT molecular complexity index is 811. The fourth-order valence-corrected chi connectivity index (χ4v) is 4.46. The Morgan fingerprint density at radius 2 is 1.92 bits per heavy atom. The van der Waals surface area contributed by atoms with Gasteiger partial charge < -0.3 is 10.1 Å². The van der Waals surface area contributed by atoms with Gasteiger partial charge in [0, 0.05) is 9.90 Å². The van der Waals surface area contributed by atoms with Crippen molar-refractivity contribution in [2.75, 3.05) is 5.32 Å². The van der Waals surface area contributed by atoms with Gasteiger partial charge in [-0.2, -0.15) is 0 Å². The first-order valence-electron chi connectivity index (χ1n) is 8.52. The van der Waals surface area contributed by atoms with Crippen LogP contribution in [0.4, 0.5) is 5.69 Å². The minimum Gasteiger partial charge on any atom is -0.448 e. The Kier molecular flexibility index (Phi) is 6.22. The third-order valence-corrected chi connectivity index (χ3v) is 6.05. The lowest BCUT2D eigenvalue weighted by Crippen LogP contribution is -2.29. The number of carbonyl (C=O) groups is 2. The van der Waals surface area contributed by atoms with Crippen LogP contribution < -0.4 is 5.32 Å². The lowest BCUT2D eigenvalue weighted by Gasteiger charge is -2.14. The zero-order valence-corrected chi connectivity index (χ0v) is 16.6. The molecule has 1 aliphatic carbocycles. The Balaban J connectivity index is 1.62. The van der Waals surface area contributed by atoms with Gasteiger partial charge in [-0.15, -0.1) is 11.3 Å². The zero-order valence-electron chi connectivity index (χ0n) is 14.3. The van der Waals surface area contributed by atoms with Crippen LogP contribution >= 0.6 is 34.5 Å². The largest absolute Gasteiger partial charge is 0.448 e. The van der Waals surface area contributed by atoms with Crippen LogP contribution in [0.5, 0.6) is 0 Å². The normalized spacial score (nSPS) is 14.9. The molecular weight excluding hydrogens is 393 g/mol. The number of halogens is 2. The van der Waals surface area contributed by atoms with E-state index in [2.05, 4.69) is 5.32 Å². The van der Waals surface area contributed by atoms with Crippen LogP contribution in [-0.4, -0.2) is 18.0 Å². The smallest absolute Gasteiger partial charge is 0.349 e. The summed E-state index contributed by atoms with van der Waals surface area (Å²) >= 11 is 13.4. The third-order valence-electron chi connectivity index (χ3n) is 4.29. The Morgan fingerprint density at radius 1 is 1.15 bits per heavy atom. The third kappa shape index (κ3) is 4.58. The van der Waals surface area contributed by atoms with E-state index in [4.69, 9.17) is 27.9 Å². The van der Waals surface area contributed by atoms with Gasteiger partial charge in [0.15, 0.2) is 6.10 Å². The number of amides is 1. The van der Waals surface area contributed by atoms with Crippen LogP contribution in [0, 0.1) is 0 Å². The van der Waals surface area contributed by atoms with Crippen LogP contribution in [0.1, 0.15) is 46.3 Å². The second-order valence-corrected chi connectivity index (χ2v) is 8.26. The van der Waals surface area contributed by atoms with Gasteiger partial charge in [0.05, 0.1) is 10.7 Å². The van der Waals surface area contributed by atoms with Gasteiger partial charge in [-0.05, 0) is 62.4 Å². The van der Waals surface area contributed by atoms with E-state index < -0.39 is 18.0 Å². The first kappa shape index (κ1) is 19.2. The highest BCUT2D eigenvalue weighted by Gasteiger charge is 2.23. The topological polar surface area (TPSA) is 55.4 Å². The molecule has 0 fully saturated rings. The number of ether oxygens (including phenoxy) is 1. The molecular formula is C19H19Cl2NO3S. The second kappa shape index (κ2) is 8.42. The molecule has 0 aliphatic heterocycles. The van der Waals surface area contributed by atoms with Gasteiger partial charge >= 0.3 is 5.97 Å². The Labute approximate surface area is 166 Å². The summed E-state index contributed by atoms with van der Waals surface area (Å²) in [4.78, 5) is 26.5. The monoisotopic (exact) mass is 411 g/mol. The van der Waals surface area contributed by atoms with E-state index >= 15 is 0 Å². The lowest BCUT2D eigenvalue weighted by molar-refractivity contribution is -0.123. The lowest BCUT2D eigenvalue weighted by atomic mass is 10.1. The molecule has 0 saturated heterocycles. The average Bonchev–Trinajstić information content (AvgIpc) is 2.88. The summed E-state index contributed by atoms with van der Waals surface area (Å²) in [5.41, 5.74) is 1.66. The Morgan fingerprint density at radius 3 is 2.69 bits per heavy atom. The van der Waals surface area contributed by atoms with Crippen molar-refractivity contribution < 1.29 is 14.3 Å². The molecule has 0 saturated carbocycles. The van der Waals surface area contributed by atoms with Gasteiger partial charge in [0.25, 0.3) is 5.91 Å². The highest BCUT2D eigenvalue weighted by Crippen LogP contribution is 2.30. The van der Waals surface area contributed by atoms with Crippen molar-refractivity contribution in [2.45, 2.75) is 45.1 Å². The van der Waals surface area contributed by atoms with E-state index in [1.54, 1.807) is 12.1 Å². The van der Waals surface area contributed by atoms with Crippen molar-refractivity contribution >= 4 is 52.1 Å². The molecule has 7 heteroatoms.